The summed E-state index contributed by atoms with van der Waals surface area (Å²) in [6.45, 7) is -1.19. The van der Waals surface area contributed by atoms with Crippen LogP contribution >= 0.6 is 35.1 Å². The van der Waals surface area contributed by atoms with E-state index in [4.69, 9.17) is 11.6 Å². The van der Waals surface area contributed by atoms with Crippen LogP contribution in [0.1, 0.15) is 6.42 Å². The van der Waals surface area contributed by atoms with Crippen molar-refractivity contribution in [3.63, 3.8) is 0 Å². The Balaban J connectivity index is 1.52. The zero-order valence-corrected chi connectivity index (χ0v) is 19.7. The molecule has 2 aliphatic heterocycles. The summed E-state index contributed by atoms with van der Waals surface area (Å²) in [4.78, 5) is 29.9. The van der Waals surface area contributed by atoms with Gasteiger partial charge in [-0.25, -0.2) is 19.3 Å². The van der Waals surface area contributed by atoms with Crippen LogP contribution in [-0.2, 0) is 4.79 Å². The number of hydrogen-bond donors (Lipinski definition) is 2. The van der Waals surface area contributed by atoms with Gasteiger partial charge in [0.1, 0.15) is 18.2 Å². The van der Waals surface area contributed by atoms with E-state index in [0.717, 1.165) is 17.7 Å². The van der Waals surface area contributed by atoms with E-state index >= 15 is 0 Å². The lowest BCUT2D eigenvalue weighted by Crippen LogP contribution is -2.46. The minimum Gasteiger partial charge on any atom is -0.345 e. The summed E-state index contributed by atoms with van der Waals surface area (Å²) in [5.74, 6) is 0.148. The number of H-pyrrole nitrogens is 1. The van der Waals surface area contributed by atoms with Gasteiger partial charge in [0, 0.05) is 47.8 Å². The number of carbonyl (C=O) groups excluding carboxylic acids is 1. The van der Waals surface area contributed by atoms with E-state index in [-0.39, 0.29) is 24.6 Å². The van der Waals surface area contributed by atoms with Gasteiger partial charge in [-0.3, -0.25) is 4.79 Å². The third-order valence-electron chi connectivity index (χ3n) is 5.61. The van der Waals surface area contributed by atoms with E-state index in [9.17, 15) is 22.4 Å². The number of fused-ring (bicyclic) bond motifs is 1. The molecule has 5 heterocycles. The van der Waals surface area contributed by atoms with Crippen molar-refractivity contribution in [3.05, 3.63) is 35.5 Å². The molecule has 0 aliphatic carbocycles. The number of thioether (sulfide) groups is 2. The molecule has 2 fully saturated rings. The molecule has 14 heteroatoms. The van der Waals surface area contributed by atoms with Crippen molar-refractivity contribution in [2.24, 2.45) is 0 Å². The Kier molecular flexibility index (Phi) is 6.05. The molecule has 2 aliphatic rings. The molecular weight excluding hydrogens is 516 g/mol. The highest BCUT2D eigenvalue weighted by molar-refractivity contribution is 8.21. The Bertz CT molecular complexity index is 1250. The molecule has 2 N–H and O–H groups in total. The zero-order valence-electron chi connectivity index (χ0n) is 17.3. The molecule has 3 aromatic rings. The van der Waals surface area contributed by atoms with E-state index in [2.05, 4.69) is 19.9 Å². The molecule has 0 unspecified atom stereocenters. The normalized spacial score (nSPS) is 19.9. The van der Waals surface area contributed by atoms with Gasteiger partial charge in [-0.15, -0.1) is 23.5 Å². The molecule has 34 heavy (non-hydrogen) atoms. The molecule has 0 radical (unpaired) electrons. The molecule has 0 aromatic carbocycles. The first-order valence-electron chi connectivity index (χ1n) is 10.2. The highest BCUT2D eigenvalue weighted by atomic mass is 35.5. The number of anilines is 1. The molecule has 2 saturated heterocycles. The van der Waals surface area contributed by atoms with Gasteiger partial charge < -0.3 is 15.2 Å². The van der Waals surface area contributed by atoms with Crippen molar-refractivity contribution >= 4 is 57.9 Å². The van der Waals surface area contributed by atoms with Crippen LogP contribution < -0.4 is 10.2 Å². The van der Waals surface area contributed by atoms with Gasteiger partial charge >= 0.3 is 6.18 Å². The fourth-order valence-corrected chi connectivity index (χ4v) is 7.57. The summed E-state index contributed by atoms with van der Waals surface area (Å²) in [6.07, 6.45) is -0.180. The van der Waals surface area contributed by atoms with Crippen LogP contribution in [-0.4, -0.2) is 66.7 Å². The standard InChI is InChI=1S/C20H17ClF4N6OS2/c21-10-3-11-12(6-27-15(11)26-5-10)16-28-7-13(22)17(30-16)31-9-19(33-1-2-34-19)4-14(31)18(32)29-8-20(23,24)25/h3,5-7,14H,1-2,4,8-9H2,(H,26,27)(H,29,32)/t14-/m1/s1. The van der Waals surface area contributed by atoms with Crippen LogP contribution in [0, 0.1) is 5.82 Å². The molecule has 1 amide bonds. The summed E-state index contributed by atoms with van der Waals surface area (Å²) in [7, 11) is 0. The average Bonchev–Trinajstić information content (AvgIpc) is 3.51. The molecule has 1 atom stereocenters. The van der Waals surface area contributed by atoms with Crippen LogP contribution in [0.15, 0.2) is 24.7 Å². The average molecular weight is 533 g/mol. The Labute approximate surface area is 204 Å². The van der Waals surface area contributed by atoms with E-state index in [0.29, 0.717) is 21.6 Å². The Morgan fingerprint density at radius 3 is 2.79 bits per heavy atom. The van der Waals surface area contributed by atoms with Crippen LogP contribution in [0.25, 0.3) is 22.4 Å². The smallest absolute Gasteiger partial charge is 0.345 e. The maximum Gasteiger partial charge on any atom is 0.405 e. The van der Waals surface area contributed by atoms with Gasteiger partial charge in [0.25, 0.3) is 0 Å². The van der Waals surface area contributed by atoms with Gasteiger partial charge in [0.05, 0.1) is 15.3 Å². The number of rotatable bonds is 4. The van der Waals surface area contributed by atoms with Gasteiger partial charge in [0.2, 0.25) is 5.91 Å². The number of halogens is 5. The Morgan fingerprint density at radius 2 is 2.06 bits per heavy atom. The van der Waals surface area contributed by atoms with Gasteiger partial charge in [-0.05, 0) is 6.07 Å². The number of aromatic amines is 1. The van der Waals surface area contributed by atoms with Gasteiger partial charge in [0.15, 0.2) is 17.5 Å². The highest BCUT2D eigenvalue weighted by Gasteiger charge is 2.51. The quantitative estimate of drug-likeness (QED) is 0.486. The predicted octanol–water partition coefficient (Wildman–Crippen LogP) is 4.25. The van der Waals surface area contributed by atoms with Crippen LogP contribution in [0.3, 0.4) is 0 Å². The molecule has 0 saturated carbocycles. The first kappa shape index (κ1) is 23.5. The second-order valence-corrected chi connectivity index (χ2v) is 11.6. The molecular formula is C20H17ClF4N6OS2. The zero-order chi connectivity index (χ0) is 24.1. The first-order chi connectivity index (χ1) is 16.1. The number of aromatic nitrogens is 4. The van der Waals surface area contributed by atoms with Crippen LogP contribution in [0.5, 0.6) is 0 Å². The van der Waals surface area contributed by atoms with E-state index in [1.54, 1.807) is 35.8 Å². The minimum atomic E-state index is -4.55. The van der Waals surface area contributed by atoms with E-state index in [1.165, 1.54) is 11.1 Å². The molecule has 0 bridgehead atoms. The second-order valence-electron chi connectivity index (χ2n) is 7.91. The van der Waals surface area contributed by atoms with Crippen molar-refractivity contribution in [1.82, 2.24) is 25.3 Å². The third-order valence-corrected chi connectivity index (χ3v) is 9.24. The van der Waals surface area contributed by atoms with Crippen molar-refractivity contribution < 1.29 is 22.4 Å². The first-order valence-corrected chi connectivity index (χ1v) is 12.5. The SMILES string of the molecule is O=C(NCC(F)(F)F)[C@H]1CC2(CN1c1nc(-c3c[nH]c4ncc(Cl)cc34)ncc1F)SCCS2. The summed E-state index contributed by atoms with van der Waals surface area (Å²) < 4.78 is 52.7. The van der Waals surface area contributed by atoms with E-state index in [1.807, 2.05) is 5.32 Å². The van der Waals surface area contributed by atoms with Crippen molar-refractivity contribution in [2.75, 3.05) is 29.5 Å². The Morgan fingerprint density at radius 1 is 1.29 bits per heavy atom. The highest BCUT2D eigenvalue weighted by Crippen LogP contribution is 2.52. The maximum absolute atomic E-state index is 15.0. The number of amides is 1. The van der Waals surface area contributed by atoms with Crippen molar-refractivity contribution in [1.29, 1.82) is 0 Å². The summed E-state index contributed by atoms with van der Waals surface area (Å²) in [5, 5.41) is 2.97. The second kappa shape index (κ2) is 8.76. The third kappa shape index (κ3) is 4.52. The van der Waals surface area contributed by atoms with Crippen LogP contribution in [0.4, 0.5) is 23.4 Å². The van der Waals surface area contributed by atoms with Gasteiger partial charge in [-0.1, -0.05) is 11.6 Å². The molecule has 3 aromatic heterocycles. The lowest BCUT2D eigenvalue weighted by molar-refractivity contribution is -0.139. The summed E-state index contributed by atoms with van der Waals surface area (Å²) in [6, 6.07) is 0.670. The monoisotopic (exact) mass is 532 g/mol. The lowest BCUT2D eigenvalue weighted by Gasteiger charge is -2.26. The number of carbonyl (C=O) groups is 1. The number of pyridine rings is 1. The number of hydrogen-bond acceptors (Lipinski definition) is 7. The largest absolute Gasteiger partial charge is 0.405 e. The Hall–Kier alpha value is -2.25. The van der Waals surface area contributed by atoms with Crippen molar-refractivity contribution in [3.8, 4) is 11.4 Å². The molecule has 1 spiro atoms. The van der Waals surface area contributed by atoms with Gasteiger partial charge in [-0.2, -0.15) is 13.2 Å². The van der Waals surface area contributed by atoms with Crippen LogP contribution in [0.2, 0.25) is 5.02 Å². The lowest BCUT2D eigenvalue weighted by atomic mass is 10.2. The summed E-state index contributed by atoms with van der Waals surface area (Å²) in [5.41, 5.74) is 1.07. The number of nitrogens with one attached hydrogen (secondary N) is 2. The fourth-order valence-electron chi connectivity index (χ4n) is 4.16. The molecule has 7 nitrogen and oxygen atoms in total. The topological polar surface area (TPSA) is 86.8 Å². The van der Waals surface area contributed by atoms with Crippen molar-refractivity contribution in [2.45, 2.75) is 22.7 Å². The fraction of sp³-hybridized carbons (Fsp3) is 0.400. The number of nitrogens with zero attached hydrogens (tertiary/aromatic N) is 4. The number of alkyl halides is 3. The molecule has 180 valence electrons. The van der Waals surface area contributed by atoms with E-state index < -0.39 is 34.6 Å². The minimum absolute atomic E-state index is 0.133. The predicted molar refractivity (Wildman–Crippen MR) is 125 cm³/mol. The summed E-state index contributed by atoms with van der Waals surface area (Å²) >= 11 is 9.33. The maximum atomic E-state index is 15.0. The molecule has 5 rings (SSSR count).